The van der Waals surface area contributed by atoms with Gasteiger partial charge in [0, 0.05) is 38.9 Å². The number of methoxy groups -OCH3 is 1. The second kappa shape index (κ2) is 12.8. The lowest BCUT2D eigenvalue weighted by molar-refractivity contribution is 0.125. The van der Waals surface area contributed by atoms with Crippen LogP contribution in [-0.4, -0.2) is 57.4 Å². The number of nitrogens with one attached hydrogen (secondary N) is 2. The van der Waals surface area contributed by atoms with Crippen LogP contribution in [0.5, 0.6) is 5.75 Å². The fraction of sp³-hybridized carbons (Fsp3) is 0.429. The molecule has 0 amide bonds. The largest absolute Gasteiger partial charge is 0.497 e. The Morgan fingerprint density at radius 2 is 2.20 bits per heavy atom. The van der Waals surface area contributed by atoms with E-state index in [1.165, 1.54) is 0 Å². The fourth-order valence-corrected chi connectivity index (χ4v) is 3.50. The number of benzene rings is 1. The molecule has 1 aliphatic rings. The Kier molecular flexibility index (Phi) is 10.5. The summed E-state index contributed by atoms with van der Waals surface area (Å²) in [4.78, 5) is 10.9. The maximum Gasteiger partial charge on any atom is 0.191 e. The SMILES string of the molecule is CN=C(NCCOCc1cccc(OC)c1)NC1CCN(c2ncccc2Cl)C1.I. The molecule has 3 rings (SSSR count). The molecule has 9 heteroatoms. The number of guanidine groups is 1. The third-order valence-corrected chi connectivity index (χ3v) is 5.03. The first-order chi connectivity index (χ1) is 14.2. The summed E-state index contributed by atoms with van der Waals surface area (Å²) >= 11 is 6.26. The van der Waals surface area contributed by atoms with E-state index in [0.29, 0.717) is 24.8 Å². The molecule has 1 unspecified atom stereocenters. The molecule has 1 aromatic heterocycles. The number of halogens is 2. The monoisotopic (exact) mass is 545 g/mol. The zero-order valence-electron chi connectivity index (χ0n) is 17.3. The van der Waals surface area contributed by atoms with Crippen LogP contribution in [0.4, 0.5) is 5.82 Å². The van der Waals surface area contributed by atoms with E-state index in [9.17, 15) is 0 Å². The van der Waals surface area contributed by atoms with Crippen molar-refractivity contribution >= 4 is 47.4 Å². The van der Waals surface area contributed by atoms with Crippen molar-refractivity contribution in [2.45, 2.75) is 19.1 Å². The molecule has 1 saturated heterocycles. The van der Waals surface area contributed by atoms with Gasteiger partial charge >= 0.3 is 0 Å². The van der Waals surface area contributed by atoms with Gasteiger partial charge in [-0.2, -0.15) is 0 Å². The second-order valence-electron chi connectivity index (χ2n) is 6.79. The number of aromatic nitrogens is 1. The van der Waals surface area contributed by atoms with E-state index in [1.54, 1.807) is 20.4 Å². The van der Waals surface area contributed by atoms with Gasteiger partial charge in [-0.15, -0.1) is 24.0 Å². The molecular weight excluding hydrogens is 517 g/mol. The molecule has 1 aromatic carbocycles. The Labute approximate surface area is 200 Å². The normalized spacial score (nSPS) is 16.2. The van der Waals surface area contributed by atoms with Crippen molar-refractivity contribution < 1.29 is 9.47 Å². The minimum atomic E-state index is 0. The Morgan fingerprint density at radius 3 is 2.97 bits per heavy atom. The Morgan fingerprint density at radius 1 is 1.33 bits per heavy atom. The number of ether oxygens (including phenoxy) is 2. The van der Waals surface area contributed by atoms with Gasteiger partial charge in [-0.05, 0) is 36.2 Å². The number of hydrogen-bond acceptors (Lipinski definition) is 5. The molecule has 2 aromatic rings. The Bertz CT molecular complexity index is 823. The highest BCUT2D eigenvalue weighted by Crippen LogP contribution is 2.25. The standard InChI is InChI=1S/C21H28ClN5O2.HI/c1-23-21(25-10-12-29-15-16-5-3-6-18(13-16)28-2)26-17-8-11-27(14-17)20-19(22)7-4-9-24-20;/h3-7,9,13,17H,8,10-12,14-15H2,1-2H3,(H2,23,25,26);1H. The van der Waals surface area contributed by atoms with Crippen LogP contribution in [0.15, 0.2) is 47.6 Å². The van der Waals surface area contributed by atoms with Crippen LogP contribution < -0.4 is 20.3 Å². The van der Waals surface area contributed by atoms with E-state index >= 15 is 0 Å². The highest BCUT2D eigenvalue weighted by molar-refractivity contribution is 14.0. The molecule has 7 nitrogen and oxygen atoms in total. The highest BCUT2D eigenvalue weighted by Gasteiger charge is 2.25. The van der Waals surface area contributed by atoms with E-state index in [1.807, 2.05) is 36.4 Å². The van der Waals surface area contributed by atoms with E-state index in [2.05, 4.69) is 25.5 Å². The first-order valence-electron chi connectivity index (χ1n) is 9.73. The van der Waals surface area contributed by atoms with Gasteiger partial charge in [0.2, 0.25) is 0 Å². The topological polar surface area (TPSA) is 71.0 Å². The number of anilines is 1. The number of hydrogen-bond donors (Lipinski definition) is 2. The lowest BCUT2D eigenvalue weighted by Gasteiger charge is -2.20. The highest BCUT2D eigenvalue weighted by atomic mass is 127. The minimum Gasteiger partial charge on any atom is -0.497 e. The van der Waals surface area contributed by atoms with Crippen LogP contribution in [0.25, 0.3) is 0 Å². The molecule has 0 radical (unpaired) electrons. The molecule has 0 aliphatic carbocycles. The van der Waals surface area contributed by atoms with Crippen LogP contribution in [0.1, 0.15) is 12.0 Å². The van der Waals surface area contributed by atoms with Gasteiger partial charge in [0.1, 0.15) is 11.6 Å². The molecule has 0 saturated carbocycles. The molecule has 1 fully saturated rings. The molecule has 164 valence electrons. The van der Waals surface area contributed by atoms with Crippen molar-refractivity contribution in [2.24, 2.45) is 4.99 Å². The molecule has 0 spiro atoms. The van der Waals surface area contributed by atoms with E-state index < -0.39 is 0 Å². The number of rotatable bonds is 8. The van der Waals surface area contributed by atoms with E-state index in [0.717, 1.165) is 42.6 Å². The van der Waals surface area contributed by atoms with Gasteiger partial charge in [0.25, 0.3) is 0 Å². The van der Waals surface area contributed by atoms with Gasteiger partial charge < -0.3 is 25.0 Å². The molecule has 1 atom stereocenters. The van der Waals surface area contributed by atoms with Crippen molar-refractivity contribution in [2.75, 3.05) is 45.3 Å². The molecular formula is C21H29ClIN5O2. The summed E-state index contributed by atoms with van der Waals surface area (Å²) in [5.74, 6) is 2.45. The number of pyridine rings is 1. The summed E-state index contributed by atoms with van der Waals surface area (Å²) in [5.41, 5.74) is 1.09. The first kappa shape index (κ1) is 24.5. The van der Waals surface area contributed by atoms with Crippen molar-refractivity contribution in [3.63, 3.8) is 0 Å². The zero-order valence-corrected chi connectivity index (χ0v) is 20.4. The van der Waals surface area contributed by atoms with Crippen LogP contribution >= 0.6 is 35.6 Å². The quantitative estimate of drug-likeness (QED) is 0.230. The molecule has 2 N–H and O–H groups in total. The minimum absolute atomic E-state index is 0. The van der Waals surface area contributed by atoms with E-state index in [4.69, 9.17) is 21.1 Å². The van der Waals surface area contributed by atoms with Crippen molar-refractivity contribution in [3.8, 4) is 5.75 Å². The third-order valence-electron chi connectivity index (χ3n) is 4.73. The molecule has 30 heavy (non-hydrogen) atoms. The predicted octanol–water partition coefficient (Wildman–Crippen LogP) is 3.32. The Balaban J connectivity index is 0.00000320. The molecule has 2 heterocycles. The predicted molar refractivity (Wildman–Crippen MR) is 132 cm³/mol. The van der Waals surface area contributed by atoms with Gasteiger partial charge in [0.15, 0.2) is 5.96 Å². The second-order valence-corrected chi connectivity index (χ2v) is 7.20. The van der Waals surface area contributed by atoms with Gasteiger partial charge in [-0.1, -0.05) is 23.7 Å². The third kappa shape index (κ3) is 7.17. The lowest BCUT2D eigenvalue weighted by atomic mass is 10.2. The summed E-state index contributed by atoms with van der Waals surface area (Å²) in [6.07, 6.45) is 2.77. The summed E-state index contributed by atoms with van der Waals surface area (Å²) in [7, 11) is 3.44. The molecule has 0 bridgehead atoms. The Hall–Kier alpha value is -1.78. The van der Waals surface area contributed by atoms with Crippen molar-refractivity contribution in [1.29, 1.82) is 0 Å². The summed E-state index contributed by atoms with van der Waals surface area (Å²) in [6, 6.07) is 11.9. The van der Waals surface area contributed by atoms with Crippen LogP contribution in [-0.2, 0) is 11.3 Å². The number of nitrogens with zero attached hydrogens (tertiary/aromatic N) is 3. The summed E-state index contributed by atoms with van der Waals surface area (Å²) in [6.45, 7) is 3.55. The molecule has 1 aliphatic heterocycles. The summed E-state index contributed by atoms with van der Waals surface area (Å²) < 4.78 is 11.0. The lowest BCUT2D eigenvalue weighted by Crippen LogP contribution is -2.45. The van der Waals surface area contributed by atoms with Gasteiger partial charge in [-0.3, -0.25) is 4.99 Å². The van der Waals surface area contributed by atoms with Crippen molar-refractivity contribution in [1.82, 2.24) is 15.6 Å². The average molecular weight is 546 g/mol. The van der Waals surface area contributed by atoms with Crippen LogP contribution in [0.3, 0.4) is 0 Å². The fourth-order valence-electron chi connectivity index (χ4n) is 3.26. The van der Waals surface area contributed by atoms with E-state index in [-0.39, 0.29) is 30.0 Å². The average Bonchev–Trinajstić information content (AvgIpc) is 3.21. The number of aliphatic imine (C=N–C) groups is 1. The van der Waals surface area contributed by atoms with Gasteiger partial charge in [-0.25, -0.2) is 4.98 Å². The maximum atomic E-state index is 6.26. The first-order valence-corrected chi connectivity index (χ1v) is 10.1. The maximum absolute atomic E-state index is 6.26. The smallest absolute Gasteiger partial charge is 0.191 e. The van der Waals surface area contributed by atoms with Crippen molar-refractivity contribution in [3.05, 3.63) is 53.2 Å². The zero-order chi connectivity index (χ0) is 20.5. The van der Waals surface area contributed by atoms with Crippen LogP contribution in [0, 0.1) is 0 Å². The summed E-state index contributed by atoms with van der Waals surface area (Å²) in [5, 5.41) is 7.45. The van der Waals surface area contributed by atoms with Gasteiger partial charge in [0.05, 0.1) is 25.3 Å². The van der Waals surface area contributed by atoms with Crippen LogP contribution in [0.2, 0.25) is 5.02 Å².